The third-order valence-corrected chi connectivity index (χ3v) is 3.29. The van der Waals surface area contributed by atoms with Crippen LogP contribution < -0.4 is 5.32 Å². The van der Waals surface area contributed by atoms with Crippen molar-refractivity contribution in [3.8, 4) is 0 Å². The second-order valence-electron chi connectivity index (χ2n) is 4.89. The first-order valence-electron chi connectivity index (χ1n) is 6.46. The molecule has 5 heteroatoms. The molecule has 19 heavy (non-hydrogen) atoms. The summed E-state index contributed by atoms with van der Waals surface area (Å²) in [5, 5.41) is 2.80. The lowest BCUT2D eigenvalue weighted by atomic mass is 10.1. The summed E-state index contributed by atoms with van der Waals surface area (Å²) in [5.41, 5.74) is 1.03. The van der Waals surface area contributed by atoms with Gasteiger partial charge in [0, 0.05) is 32.5 Å². The molecule has 0 bridgehead atoms. The van der Waals surface area contributed by atoms with Gasteiger partial charge in [0.1, 0.15) is 0 Å². The molecule has 1 aromatic rings. The molecule has 1 N–H and O–H groups in total. The summed E-state index contributed by atoms with van der Waals surface area (Å²) in [6.45, 7) is 1.24. The molecule has 1 saturated heterocycles. The topological polar surface area (TPSA) is 32.3 Å². The second-order valence-corrected chi connectivity index (χ2v) is 4.89. The van der Waals surface area contributed by atoms with Gasteiger partial charge in [-0.3, -0.25) is 9.69 Å². The van der Waals surface area contributed by atoms with Gasteiger partial charge >= 0.3 is 0 Å². The van der Waals surface area contributed by atoms with Gasteiger partial charge in [-0.2, -0.15) is 0 Å². The number of carbonyl (C=O) groups is 1. The normalized spacial score (nSPS) is 19.1. The molecule has 1 aliphatic rings. The highest BCUT2D eigenvalue weighted by Gasteiger charge is 2.34. The first kappa shape index (κ1) is 13.9. The average Bonchev–Trinajstić information content (AvgIpc) is 2.40. The Morgan fingerprint density at radius 2 is 1.84 bits per heavy atom. The molecule has 1 aliphatic heterocycles. The summed E-state index contributed by atoms with van der Waals surface area (Å²) < 4.78 is 25.9. The molecule has 0 unspecified atom stereocenters. The fraction of sp³-hybridized carbons (Fsp3) is 0.500. The van der Waals surface area contributed by atoms with Gasteiger partial charge in [-0.25, -0.2) is 8.78 Å². The van der Waals surface area contributed by atoms with Crippen molar-refractivity contribution in [3.05, 3.63) is 35.9 Å². The molecular formula is C14H18F2N2O. The molecule has 1 aromatic carbocycles. The first-order valence-corrected chi connectivity index (χ1v) is 6.46. The molecule has 104 valence electrons. The van der Waals surface area contributed by atoms with Crippen molar-refractivity contribution in [3.63, 3.8) is 0 Å². The van der Waals surface area contributed by atoms with E-state index in [0.29, 0.717) is 6.54 Å². The lowest BCUT2D eigenvalue weighted by molar-refractivity contribution is -0.124. The lowest BCUT2D eigenvalue weighted by Crippen LogP contribution is -2.44. The molecule has 1 heterocycles. The van der Waals surface area contributed by atoms with Crippen LogP contribution in [0.15, 0.2) is 30.3 Å². The van der Waals surface area contributed by atoms with Crippen molar-refractivity contribution >= 4 is 5.91 Å². The fourth-order valence-corrected chi connectivity index (χ4v) is 2.09. The van der Waals surface area contributed by atoms with E-state index in [1.807, 2.05) is 30.3 Å². The van der Waals surface area contributed by atoms with Crippen LogP contribution >= 0.6 is 0 Å². The molecule has 0 saturated carbocycles. The van der Waals surface area contributed by atoms with Gasteiger partial charge in [-0.1, -0.05) is 30.3 Å². The summed E-state index contributed by atoms with van der Waals surface area (Å²) in [5.74, 6) is -2.68. The van der Waals surface area contributed by atoms with E-state index in [4.69, 9.17) is 0 Å². The molecule has 0 aliphatic carbocycles. The maximum Gasteiger partial charge on any atom is 0.250 e. The Morgan fingerprint density at radius 3 is 2.47 bits per heavy atom. The largest absolute Gasteiger partial charge is 0.351 e. The number of alkyl halides is 2. The minimum atomic E-state index is -2.56. The maximum absolute atomic E-state index is 13.0. The van der Waals surface area contributed by atoms with Gasteiger partial charge in [-0.05, 0) is 5.56 Å². The highest BCUT2D eigenvalue weighted by Crippen LogP contribution is 2.27. The summed E-state index contributed by atoms with van der Waals surface area (Å²) in [6.07, 6.45) is -0.308. The van der Waals surface area contributed by atoms with E-state index >= 15 is 0 Å². The smallest absolute Gasteiger partial charge is 0.250 e. The highest BCUT2D eigenvalue weighted by atomic mass is 19.3. The van der Waals surface area contributed by atoms with Gasteiger partial charge in [0.2, 0.25) is 5.91 Å². The third kappa shape index (κ3) is 4.59. The van der Waals surface area contributed by atoms with Gasteiger partial charge in [0.05, 0.1) is 6.54 Å². The zero-order valence-electron chi connectivity index (χ0n) is 10.7. The number of likely N-dealkylation sites (tertiary alicyclic amines) is 1. The monoisotopic (exact) mass is 268 g/mol. The Balaban J connectivity index is 1.70. The highest BCUT2D eigenvalue weighted by molar-refractivity contribution is 5.78. The van der Waals surface area contributed by atoms with Gasteiger partial charge < -0.3 is 5.32 Å². The molecule has 1 fully saturated rings. The van der Waals surface area contributed by atoms with Crippen LogP contribution in [0.5, 0.6) is 0 Å². The Labute approximate surface area is 111 Å². The number of hydrogen-bond acceptors (Lipinski definition) is 2. The van der Waals surface area contributed by atoms with Crippen molar-refractivity contribution in [2.24, 2.45) is 0 Å². The standard InChI is InChI=1S/C14H18F2N2O/c15-14(16)6-8-18(9-7-14)11-13(19)17-10-12-4-2-1-3-5-12/h1-5H,6-11H2,(H,17,19). The SMILES string of the molecule is O=C(CN1CCC(F)(F)CC1)NCc1ccccc1. The van der Waals surface area contributed by atoms with Crippen LogP contribution in [0.4, 0.5) is 8.78 Å². The maximum atomic E-state index is 13.0. The quantitative estimate of drug-likeness (QED) is 0.906. The summed E-state index contributed by atoms with van der Waals surface area (Å²) >= 11 is 0. The third-order valence-electron chi connectivity index (χ3n) is 3.29. The predicted molar refractivity (Wildman–Crippen MR) is 68.9 cm³/mol. The van der Waals surface area contributed by atoms with Gasteiger partial charge in [-0.15, -0.1) is 0 Å². The zero-order chi connectivity index (χ0) is 13.7. The number of piperidine rings is 1. The number of halogens is 2. The Kier molecular flexibility index (Phi) is 4.47. The molecular weight excluding hydrogens is 250 g/mol. The number of benzene rings is 1. The molecule has 0 atom stereocenters. The molecule has 1 amide bonds. The summed E-state index contributed by atoms with van der Waals surface area (Å²) in [4.78, 5) is 13.5. The van der Waals surface area contributed by atoms with E-state index in [-0.39, 0.29) is 38.4 Å². The number of nitrogens with zero attached hydrogens (tertiary/aromatic N) is 1. The minimum Gasteiger partial charge on any atom is -0.351 e. The number of rotatable bonds is 4. The number of carbonyl (C=O) groups excluding carboxylic acids is 1. The first-order chi connectivity index (χ1) is 9.05. The van der Waals surface area contributed by atoms with Crippen molar-refractivity contribution in [1.29, 1.82) is 0 Å². The van der Waals surface area contributed by atoms with E-state index in [1.165, 1.54) is 0 Å². The Bertz CT molecular complexity index is 413. The number of nitrogens with one attached hydrogen (secondary N) is 1. The van der Waals surface area contributed by atoms with E-state index in [9.17, 15) is 13.6 Å². The van der Waals surface area contributed by atoms with Crippen LogP contribution in [0.2, 0.25) is 0 Å². The van der Waals surface area contributed by atoms with Gasteiger partial charge in [0.25, 0.3) is 5.92 Å². The molecule has 0 spiro atoms. The molecule has 2 rings (SSSR count). The van der Waals surface area contributed by atoms with Crippen molar-refractivity contribution < 1.29 is 13.6 Å². The van der Waals surface area contributed by atoms with Crippen molar-refractivity contribution in [2.75, 3.05) is 19.6 Å². The van der Waals surface area contributed by atoms with E-state index in [0.717, 1.165) is 5.56 Å². The van der Waals surface area contributed by atoms with E-state index in [2.05, 4.69) is 5.32 Å². The van der Waals surface area contributed by atoms with Gasteiger partial charge in [0.15, 0.2) is 0 Å². The van der Waals surface area contributed by atoms with Crippen LogP contribution in [0, 0.1) is 0 Å². The number of hydrogen-bond donors (Lipinski definition) is 1. The average molecular weight is 268 g/mol. The predicted octanol–water partition coefficient (Wildman–Crippen LogP) is 2.03. The number of amides is 1. The lowest BCUT2D eigenvalue weighted by Gasteiger charge is -2.31. The zero-order valence-corrected chi connectivity index (χ0v) is 10.7. The van der Waals surface area contributed by atoms with Crippen molar-refractivity contribution in [1.82, 2.24) is 10.2 Å². The van der Waals surface area contributed by atoms with E-state index in [1.54, 1.807) is 4.90 Å². The summed E-state index contributed by atoms with van der Waals surface area (Å²) in [7, 11) is 0. The molecule has 0 radical (unpaired) electrons. The second kappa shape index (κ2) is 6.10. The summed E-state index contributed by atoms with van der Waals surface area (Å²) in [6, 6.07) is 9.60. The van der Waals surface area contributed by atoms with Crippen LogP contribution in [-0.2, 0) is 11.3 Å². The van der Waals surface area contributed by atoms with Crippen LogP contribution in [-0.4, -0.2) is 36.4 Å². The Morgan fingerprint density at radius 1 is 1.21 bits per heavy atom. The van der Waals surface area contributed by atoms with E-state index < -0.39 is 5.92 Å². The Hall–Kier alpha value is -1.49. The van der Waals surface area contributed by atoms with Crippen molar-refractivity contribution in [2.45, 2.75) is 25.3 Å². The van der Waals surface area contributed by atoms with Crippen LogP contribution in [0.3, 0.4) is 0 Å². The fourth-order valence-electron chi connectivity index (χ4n) is 2.09. The van der Waals surface area contributed by atoms with Crippen LogP contribution in [0.1, 0.15) is 18.4 Å². The minimum absolute atomic E-state index is 0.117. The molecule has 0 aromatic heterocycles. The molecule has 3 nitrogen and oxygen atoms in total. The van der Waals surface area contributed by atoms with Crippen LogP contribution in [0.25, 0.3) is 0 Å².